The lowest BCUT2D eigenvalue weighted by molar-refractivity contribution is -0.115. The molecule has 0 saturated carbocycles. The number of amides is 2. The number of H-pyrrole nitrogens is 1. The van der Waals surface area contributed by atoms with Gasteiger partial charge in [-0.25, -0.2) is 4.79 Å². The Kier molecular flexibility index (Phi) is 4.47. The smallest absolute Gasteiger partial charge is 0.405 e. The molecule has 0 radical (unpaired) electrons. The molecular weight excluding hydrogens is 322 g/mol. The van der Waals surface area contributed by atoms with Gasteiger partial charge in [0.15, 0.2) is 0 Å². The van der Waals surface area contributed by atoms with Crippen LogP contribution in [0.1, 0.15) is 0 Å². The Morgan fingerprint density at radius 3 is 2.52 bits per heavy atom. The van der Waals surface area contributed by atoms with Crippen LogP contribution in [0.3, 0.4) is 0 Å². The molecule has 4 N–H and O–H groups in total. The fourth-order valence-corrected chi connectivity index (χ4v) is 2.47. The van der Waals surface area contributed by atoms with Crippen LogP contribution in [0.25, 0.3) is 22.0 Å². The number of hydrogen-bond donors (Lipinski definition) is 4. The number of nitrogens with one attached hydrogen (secondary N) is 3. The van der Waals surface area contributed by atoms with Crippen LogP contribution in [0.5, 0.6) is 0 Å². The predicted octanol–water partition coefficient (Wildman–Crippen LogP) is 2.40. The van der Waals surface area contributed by atoms with Crippen molar-refractivity contribution in [3.05, 3.63) is 65.0 Å². The van der Waals surface area contributed by atoms with Crippen LogP contribution in [0.2, 0.25) is 0 Å². The van der Waals surface area contributed by atoms with Crippen molar-refractivity contribution in [3.63, 3.8) is 0 Å². The zero-order valence-electron chi connectivity index (χ0n) is 13.1. The molecule has 0 saturated heterocycles. The van der Waals surface area contributed by atoms with E-state index >= 15 is 0 Å². The van der Waals surface area contributed by atoms with Crippen molar-refractivity contribution in [1.29, 1.82) is 0 Å². The van der Waals surface area contributed by atoms with Gasteiger partial charge in [-0.3, -0.25) is 9.59 Å². The summed E-state index contributed by atoms with van der Waals surface area (Å²) in [5.41, 5.74) is 1.76. The summed E-state index contributed by atoms with van der Waals surface area (Å²) in [6.45, 7) is -0.364. The summed E-state index contributed by atoms with van der Waals surface area (Å²) >= 11 is 0. The topological polar surface area (TPSA) is 111 Å². The molecule has 0 aliphatic rings. The van der Waals surface area contributed by atoms with Gasteiger partial charge in [-0.1, -0.05) is 36.4 Å². The molecule has 2 amide bonds. The van der Waals surface area contributed by atoms with E-state index < -0.39 is 12.0 Å². The molecule has 1 aromatic heterocycles. The lowest BCUT2D eigenvalue weighted by atomic mass is 10.1. The third-order valence-electron chi connectivity index (χ3n) is 3.61. The fourth-order valence-electron chi connectivity index (χ4n) is 2.47. The molecule has 0 spiro atoms. The van der Waals surface area contributed by atoms with E-state index in [4.69, 9.17) is 5.11 Å². The van der Waals surface area contributed by atoms with Crippen molar-refractivity contribution in [1.82, 2.24) is 10.3 Å². The molecule has 0 bridgehead atoms. The molecule has 0 aliphatic carbocycles. The van der Waals surface area contributed by atoms with E-state index in [1.807, 2.05) is 41.7 Å². The van der Waals surface area contributed by atoms with Gasteiger partial charge in [0.25, 0.3) is 5.56 Å². The van der Waals surface area contributed by atoms with Crippen LogP contribution in [0.4, 0.5) is 10.5 Å². The highest BCUT2D eigenvalue weighted by Gasteiger charge is 2.08. The summed E-state index contributed by atoms with van der Waals surface area (Å²) < 4.78 is 0. The Hall–Kier alpha value is -3.61. The number of carbonyl (C=O) groups is 2. The minimum atomic E-state index is -1.28. The Morgan fingerprint density at radius 2 is 1.80 bits per heavy atom. The van der Waals surface area contributed by atoms with E-state index in [1.54, 1.807) is 18.2 Å². The minimum Gasteiger partial charge on any atom is -0.465 e. The van der Waals surface area contributed by atoms with Crippen molar-refractivity contribution in [3.8, 4) is 11.3 Å². The maximum Gasteiger partial charge on any atom is 0.405 e. The monoisotopic (exact) mass is 337 g/mol. The second-order valence-electron chi connectivity index (χ2n) is 5.39. The number of aromatic amines is 1. The number of rotatable bonds is 4. The van der Waals surface area contributed by atoms with Gasteiger partial charge in [-0.2, -0.15) is 0 Å². The highest BCUT2D eigenvalue weighted by molar-refractivity contribution is 5.96. The molecule has 3 aromatic rings. The lowest BCUT2D eigenvalue weighted by Gasteiger charge is -2.08. The molecule has 0 atom stereocenters. The van der Waals surface area contributed by atoms with Crippen molar-refractivity contribution in [2.75, 3.05) is 11.9 Å². The molecule has 25 heavy (non-hydrogen) atoms. The van der Waals surface area contributed by atoms with Gasteiger partial charge in [0.2, 0.25) is 5.91 Å². The Bertz CT molecular complexity index is 996. The van der Waals surface area contributed by atoms with Crippen LogP contribution in [-0.4, -0.2) is 28.6 Å². The second-order valence-corrected chi connectivity index (χ2v) is 5.39. The lowest BCUT2D eigenvalue weighted by Crippen LogP contribution is -2.31. The first kappa shape index (κ1) is 16.3. The minimum absolute atomic E-state index is 0.267. The van der Waals surface area contributed by atoms with Gasteiger partial charge < -0.3 is 20.7 Å². The molecule has 0 unspecified atom stereocenters. The molecule has 0 fully saturated rings. The van der Waals surface area contributed by atoms with E-state index in [-0.39, 0.29) is 12.1 Å². The summed E-state index contributed by atoms with van der Waals surface area (Å²) in [5.74, 6) is -0.515. The SMILES string of the molecule is O=C(O)NCC(=O)Nc1ccc2cc(-c3ccccc3)[nH]c(=O)c2c1. The van der Waals surface area contributed by atoms with E-state index in [9.17, 15) is 14.4 Å². The quantitative estimate of drug-likeness (QED) is 0.586. The Balaban J connectivity index is 1.89. The molecule has 7 heteroatoms. The van der Waals surface area contributed by atoms with E-state index in [0.717, 1.165) is 10.9 Å². The number of anilines is 1. The van der Waals surface area contributed by atoms with Crippen LogP contribution < -0.4 is 16.2 Å². The van der Waals surface area contributed by atoms with Crippen LogP contribution in [0.15, 0.2) is 59.4 Å². The Labute approximate surface area is 142 Å². The van der Waals surface area contributed by atoms with E-state index in [0.29, 0.717) is 16.8 Å². The first-order valence-corrected chi connectivity index (χ1v) is 7.52. The number of fused-ring (bicyclic) bond motifs is 1. The van der Waals surface area contributed by atoms with Crippen molar-refractivity contribution in [2.24, 2.45) is 0 Å². The molecule has 126 valence electrons. The van der Waals surface area contributed by atoms with E-state index in [2.05, 4.69) is 10.3 Å². The maximum absolute atomic E-state index is 12.4. The average Bonchev–Trinajstić information content (AvgIpc) is 2.61. The molecule has 2 aromatic carbocycles. The summed E-state index contributed by atoms with van der Waals surface area (Å²) in [6.07, 6.45) is -1.28. The molecular formula is C18H15N3O4. The first-order valence-electron chi connectivity index (χ1n) is 7.52. The van der Waals surface area contributed by atoms with Crippen LogP contribution >= 0.6 is 0 Å². The summed E-state index contributed by atoms with van der Waals surface area (Å²) in [5, 5.41) is 14.2. The largest absolute Gasteiger partial charge is 0.465 e. The van der Waals surface area contributed by atoms with Crippen LogP contribution in [-0.2, 0) is 4.79 Å². The molecule has 3 rings (SSSR count). The number of aromatic nitrogens is 1. The average molecular weight is 337 g/mol. The second kappa shape index (κ2) is 6.88. The third kappa shape index (κ3) is 3.84. The standard InChI is InChI=1S/C18H15N3O4/c22-16(10-19-18(24)25)20-13-7-6-12-8-15(11-4-2-1-3-5-11)21-17(23)14(12)9-13/h1-9,19H,10H2,(H,20,22)(H,21,23)(H,24,25). The van der Waals surface area contributed by atoms with Crippen LogP contribution in [0, 0.1) is 0 Å². The molecule has 1 heterocycles. The van der Waals surface area contributed by atoms with Crippen molar-refractivity contribution in [2.45, 2.75) is 0 Å². The zero-order valence-corrected chi connectivity index (χ0v) is 13.1. The fraction of sp³-hybridized carbons (Fsp3) is 0.0556. The predicted molar refractivity (Wildman–Crippen MR) is 94.7 cm³/mol. The first-order chi connectivity index (χ1) is 12.0. The Morgan fingerprint density at radius 1 is 1.04 bits per heavy atom. The number of carboxylic acid groups (broad SMARTS) is 1. The highest BCUT2D eigenvalue weighted by Crippen LogP contribution is 2.21. The summed E-state index contributed by atoms with van der Waals surface area (Å²) in [6, 6.07) is 16.3. The highest BCUT2D eigenvalue weighted by atomic mass is 16.4. The van der Waals surface area contributed by atoms with Gasteiger partial charge in [-0.05, 0) is 29.1 Å². The normalized spacial score (nSPS) is 10.4. The van der Waals surface area contributed by atoms with Gasteiger partial charge >= 0.3 is 6.09 Å². The van der Waals surface area contributed by atoms with Gasteiger partial charge in [0.05, 0.1) is 0 Å². The van der Waals surface area contributed by atoms with E-state index in [1.165, 1.54) is 0 Å². The van der Waals surface area contributed by atoms with Crippen molar-refractivity contribution < 1.29 is 14.7 Å². The third-order valence-corrected chi connectivity index (χ3v) is 3.61. The number of hydrogen-bond acceptors (Lipinski definition) is 3. The zero-order chi connectivity index (χ0) is 17.8. The molecule has 7 nitrogen and oxygen atoms in total. The number of carbonyl (C=O) groups excluding carboxylic acids is 1. The number of benzene rings is 2. The summed E-state index contributed by atoms with van der Waals surface area (Å²) in [7, 11) is 0. The maximum atomic E-state index is 12.4. The molecule has 0 aliphatic heterocycles. The van der Waals surface area contributed by atoms with Gasteiger partial charge in [0, 0.05) is 16.8 Å². The van der Waals surface area contributed by atoms with Gasteiger partial charge in [0.1, 0.15) is 6.54 Å². The summed E-state index contributed by atoms with van der Waals surface area (Å²) in [4.78, 5) is 37.2. The number of pyridine rings is 1. The van der Waals surface area contributed by atoms with Gasteiger partial charge in [-0.15, -0.1) is 0 Å². The van der Waals surface area contributed by atoms with Crippen molar-refractivity contribution >= 4 is 28.5 Å².